The van der Waals surface area contributed by atoms with Crippen LogP contribution in [-0.2, 0) is 14.4 Å². The summed E-state index contributed by atoms with van der Waals surface area (Å²) >= 11 is 0. The van der Waals surface area contributed by atoms with Crippen LogP contribution in [0, 0.1) is 0 Å². The van der Waals surface area contributed by atoms with Crippen molar-refractivity contribution in [3.63, 3.8) is 0 Å². The Morgan fingerprint density at radius 2 is 1.67 bits per heavy atom. The Morgan fingerprint density at radius 3 is 2.08 bits per heavy atom. The summed E-state index contributed by atoms with van der Waals surface area (Å²) in [6.45, 7) is 1.83. The van der Waals surface area contributed by atoms with E-state index >= 15 is 0 Å². The summed E-state index contributed by atoms with van der Waals surface area (Å²) < 4.78 is 0. The molecule has 0 atom stereocenters. The standard InChI is InChI=1S/C8H12O4/c1-2-3-6(9)4-7(10)5-8(11)12/h2-5H2,1H3,(H,11,12). The van der Waals surface area contributed by atoms with E-state index in [0.29, 0.717) is 12.8 Å². The van der Waals surface area contributed by atoms with E-state index in [4.69, 9.17) is 5.11 Å². The summed E-state index contributed by atoms with van der Waals surface area (Å²) in [5.74, 6) is -1.87. The van der Waals surface area contributed by atoms with E-state index in [2.05, 4.69) is 0 Å². The number of carboxylic acid groups (broad SMARTS) is 1. The van der Waals surface area contributed by atoms with Crippen LogP contribution < -0.4 is 0 Å². The van der Waals surface area contributed by atoms with Gasteiger partial charge in [0.15, 0.2) is 5.78 Å². The molecule has 4 nitrogen and oxygen atoms in total. The van der Waals surface area contributed by atoms with Crippen LogP contribution in [0.25, 0.3) is 0 Å². The van der Waals surface area contributed by atoms with Gasteiger partial charge in [0.2, 0.25) is 0 Å². The van der Waals surface area contributed by atoms with Crippen molar-refractivity contribution < 1.29 is 19.5 Å². The number of Topliss-reactive ketones (excluding diaryl/α,β-unsaturated/α-hetero) is 2. The highest BCUT2D eigenvalue weighted by Gasteiger charge is 2.11. The molecule has 0 aromatic rings. The van der Waals surface area contributed by atoms with E-state index in [1.54, 1.807) is 0 Å². The molecule has 0 saturated heterocycles. The topological polar surface area (TPSA) is 71.4 Å². The molecule has 0 spiro atoms. The molecule has 0 saturated carbocycles. The number of hydrogen-bond donors (Lipinski definition) is 1. The molecule has 68 valence electrons. The predicted molar refractivity (Wildman–Crippen MR) is 41.8 cm³/mol. The fraction of sp³-hybridized carbons (Fsp3) is 0.625. The van der Waals surface area contributed by atoms with Gasteiger partial charge < -0.3 is 5.11 Å². The number of ketones is 2. The van der Waals surface area contributed by atoms with Gasteiger partial charge in [0.1, 0.15) is 12.2 Å². The molecule has 12 heavy (non-hydrogen) atoms. The van der Waals surface area contributed by atoms with Gasteiger partial charge in [-0.15, -0.1) is 0 Å². The maximum Gasteiger partial charge on any atom is 0.310 e. The molecule has 0 amide bonds. The molecule has 0 aliphatic rings. The lowest BCUT2D eigenvalue weighted by atomic mass is 10.1. The molecule has 0 heterocycles. The van der Waals surface area contributed by atoms with Crippen molar-refractivity contribution in [3.8, 4) is 0 Å². The minimum absolute atomic E-state index is 0.177. The third-order valence-electron chi connectivity index (χ3n) is 1.27. The largest absolute Gasteiger partial charge is 0.481 e. The van der Waals surface area contributed by atoms with Gasteiger partial charge in [-0.3, -0.25) is 14.4 Å². The molecule has 0 rings (SSSR count). The maximum absolute atomic E-state index is 10.8. The van der Waals surface area contributed by atoms with Gasteiger partial charge in [-0.25, -0.2) is 0 Å². The van der Waals surface area contributed by atoms with Gasteiger partial charge >= 0.3 is 5.97 Å². The molecule has 1 N–H and O–H groups in total. The van der Waals surface area contributed by atoms with Crippen LogP contribution >= 0.6 is 0 Å². The van der Waals surface area contributed by atoms with E-state index in [0.717, 1.165) is 0 Å². The smallest absolute Gasteiger partial charge is 0.310 e. The number of aliphatic carboxylic acids is 1. The molecule has 0 aliphatic heterocycles. The second-order valence-corrected chi connectivity index (χ2v) is 2.57. The molecule has 0 aromatic carbocycles. The fourth-order valence-corrected chi connectivity index (χ4v) is 0.818. The van der Waals surface area contributed by atoms with Gasteiger partial charge in [0, 0.05) is 6.42 Å². The Balaban J connectivity index is 3.69. The van der Waals surface area contributed by atoms with Crippen molar-refractivity contribution >= 4 is 17.5 Å². The van der Waals surface area contributed by atoms with Crippen LogP contribution in [0.1, 0.15) is 32.6 Å². The fourth-order valence-electron chi connectivity index (χ4n) is 0.818. The summed E-state index contributed by atoms with van der Waals surface area (Å²) in [6, 6.07) is 0. The zero-order chi connectivity index (χ0) is 9.56. The Hall–Kier alpha value is -1.19. The van der Waals surface area contributed by atoms with E-state index < -0.39 is 18.2 Å². The third-order valence-corrected chi connectivity index (χ3v) is 1.27. The number of rotatable bonds is 6. The van der Waals surface area contributed by atoms with Gasteiger partial charge in [0.25, 0.3) is 0 Å². The summed E-state index contributed by atoms with van der Waals surface area (Å²) in [5, 5.41) is 8.19. The number of hydrogen-bond acceptors (Lipinski definition) is 3. The van der Waals surface area contributed by atoms with Gasteiger partial charge in [0.05, 0.1) is 6.42 Å². The molecule has 0 radical (unpaired) electrons. The van der Waals surface area contributed by atoms with Crippen LogP contribution in [0.2, 0.25) is 0 Å². The average Bonchev–Trinajstić information content (AvgIpc) is 1.84. The monoisotopic (exact) mass is 172 g/mol. The highest BCUT2D eigenvalue weighted by molar-refractivity contribution is 6.05. The number of carboxylic acids is 1. The summed E-state index contributed by atoms with van der Waals surface area (Å²) in [7, 11) is 0. The van der Waals surface area contributed by atoms with E-state index in [1.165, 1.54) is 0 Å². The molecular formula is C8H12O4. The first kappa shape index (κ1) is 10.8. The van der Waals surface area contributed by atoms with Crippen LogP contribution in [0.3, 0.4) is 0 Å². The van der Waals surface area contributed by atoms with E-state index in [-0.39, 0.29) is 12.2 Å². The molecule has 4 heteroatoms. The van der Waals surface area contributed by atoms with Crippen LogP contribution in [0.4, 0.5) is 0 Å². The van der Waals surface area contributed by atoms with E-state index in [9.17, 15) is 14.4 Å². The molecular weight excluding hydrogens is 160 g/mol. The van der Waals surface area contributed by atoms with Gasteiger partial charge in [-0.05, 0) is 6.42 Å². The predicted octanol–water partition coefficient (Wildman–Crippen LogP) is 0.789. The van der Waals surface area contributed by atoms with Crippen LogP contribution in [0.15, 0.2) is 0 Å². The molecule has 0 aliphatic carbocycles. The van der Waals surface area contributed by atoms with Crippen LogP contribution in [0.5, 0.6) is 0 Å². The van der Waals surface area contributed by atoms with Crippen molar-refractivity contribution in [2.24, 2.45) is 0 Å². The van der Waals surface area contributed by atoms with Crippen molar-refractivity contribution in [1.82, 2.24) is 0 Å². The SMILES string of the molecule is CCCC(=O)CC(=O)CC(=O)O. The first-order chi connectivity index (χ1) is 5.56. The Morgan fingerprint density at radius 1 is 1.08 bits per heavy atom. The van der Waals surface area contributed by atoms with Crippen molar-refractivity contribution in [2.75, 3.05) is 0 Å². The van der Waals surface area contributed by atoms with Crippen molar-refractivity contribution in [3.05, 3.63) is 0 Å². The average molecular weight is 172 g/mol. The highest BCUT2D eigenvalue weighted by atomic mass is 16.4. The van der Waals surface area contributed by atoms with Gasteiger partial charge in [-0.1, -0.05) is 6.92 Å². The lowest BCUT2D eigenvalue weighted by Crippen LogP contribution is -2.11. The summed E-state index contributed by atoms with van der Waals surface area (Å²) in [5.41, 5.74) is 0. The minimum Gasteiger partial charge on any atom is -0.481 e. The third kappa shape index (κ3) is 5.58. The Kier molecular flexibility index (Phi) is 4.92. The van der Waals surface area contributed by atoms with Gasteiger partial charge in [-0.2, -0.15) is 0 Å². The zero-order valence-corrected chi connectivity index (χ0v) is 7.00. The second kappa shape index (κ2) is 5.46. The second-order valence-electron chi connectivity index (χ2n) is 2.57. The maximum atomic E-state index is 10.8. The highest BCUT2D eigenvalue weighted by Crippen LogP contribution is 1.97. The minimum atomic E-state index is -1.18. The summed E-state index contributed by atoms with van der Waals surface area (Å²) in [6.07, 6.45) is 0.264. The molecule has 0 fully saturated rings. The van der Waals surface area contributed by atoms with Crippen molar-refractivity contribution in [2.45, 2.75) is 32.6 Å². The first-order valence-corrected chi connectivity index (χ1v) is 3.81. The molecule has 0 aromatic heterocycles. The molecule has 0 unspecified atom stereocenters. The first-order valence-electron chi connectivity index (χ1n) is 3.81. The zero-order valence-electron chi connectivity index (χ0n) is 7.00. The normalized spacial score (nSPS) is 9.42. The number of carbonyl (C=O) groups is 3. The quantitative estimate of drug-likeness (QED) is 0.601. The lowest BCUT2D eigenvalue weighted by molar-refractivity contribution is -0.140. The number of carbonyl (C=O) groups excluding carboxylic acids is 2. The Bertz CT molecular complexity index is 195. The lowest BCUT2D eigenvalue weighted by Gasteiger charge is -1.95. The van der Waals surface area contributed by atoms with E-state index in [1.807, 2.05) is 6.92 Å². The summed E-state index contributed by atoms with van der Waals surface area (Å²) in [4.78, 5) is 31.6. The van der Waals surface area contributed by atoms with Crippen molar-refractivity contribution in [1.29, 1.82) is 0 Å². The van der Waals surface area contributed by atoms with Crippen LogP contribution in [-0.4, -0.2) is 22.6 Å². The Labute approximate surface area is 70.6 Å². The molecule has 0 bridgehead atoms.